The predicted molar refractivity (Wildman–Crippen MR) is 103 cm³/mol. The van der Waals surface area contributed by atoms with E-state index in [1.807, 2.05) is 23.1 Å². The van der Waals surface area contributed by atoms with Crippen LogP contribution in [-0.2, 0) is 4.79 Å². The second-order valence-electron chi connectivity index (χ2n) is 6.85. The summed E-state index contributed by atoms with van der Waals surface area (Å²) in [4.78, 5) is 25.2. The molecule has 1 aliphatic rings. The molecule has 1 aliphatic carbocycles. The van der Waals surface area contributed by atoms with Crippen molar-refractivity contribution in [3.05, 3.63) is 35.9 Å². The van der Waals surface area contributed by atoms with Gasteiger partial charge in [-0.1, -0.05) is 18.2 Å². The maximum Gasteiger partial charge on any atom is 0.257 e. The fourth-order valence-corrected chi connectivity index (χ4v) is 3.50. The third-order valence-electron chi connectivity index (χ3n) is 4.77. The number of benzene rings is 1. The molecule has 6 heteroatoms. The number of nitrogens with one attached hydrogen (secondary N) is 2. The van der Waals surface area contributed by atoms with E-state index < -0.39 is 0 Å². The lowest BCUT2D eigenvalue weighted by atomic mass is 9.85. The number of carbonyl (C=O) groups excluding carboxylic acids is 2. The summed E-state index contributed by atoms with van der Waals surface area (Å²) in [5.41, 5.74) is 0.592. The summed E-state index contributed by atoms with van der Waals surface area (Å²) in [7, 11) is 0. The largest absolute Gasteiger partial charge is 0.362 e. The van der Waals surface area contributed by atoms with Gasteiger partial charge >= 0.3 is 0 Å². The Morgan fingerprint density at radius 1 is 1.24 bits per heavy atom. The molecule has 0 heterocycles. The molecular weight excluding hydrogens is 334 g/mol. The van der Waals surface area contributed by atoms with Crippen molar-refractivity contribution < 1.29 is 9.59 Å². The van der Waals surface area contributed by atoms with Crippen LogP contribution >= 0.6 is 12.2 Å². The summed E-state index contributed by atoms with van der Waals surface area (Å²) >= 11 is 5.22. The zero-order valence-electron chi connectivity index (χ0n) is 14.9. The fourth-order valence-electron chi connectivity index (χ4n) is 3.32. The highest BCUT2D eigenvalue weighted by Gasteiger charge is 2.26. The lowest BCUT2D eigenvalue weighted by Crippen LogP contribution is -2.44. The lowest BCUT2D eigenvalue weighted by molar-refractivity contribution is -0.122. The van der Waals surface area contributed by atoms with Gasteiger partial charge in [0.15, 0.2) is 5.11 Å². The topological polar surface area (TPSA) is 61.4 Å². The van der Waals surface area contributed by atoms with E-state index in [0.717, 1.165) is 38.6 Å². The molecule has 1 aromatic rings. The van der Waals surface area contributed by atoms with Crippen LogP contribution in [0.15, 0.2) is 30.3 Å². The highest BCUT2D eigenvalue weighted by molar-refractivity contribution is 7.80. The van der Waals surface area contributed by atoms with Crippen LogP contribution in [0.25, 0.3) is 0 Å². The van der Waals surface area contributed by atoms with Crippen LogP contribution in [0.4, 0.5) is 0 Å². The molecule has 0 unspecified atom stereocenters. The third kappa shape index (κ3) is 5.81. The maximum atomic E-state index is 12.0. The van der Waals surface area contributed by atoms with Gasteiger partial charge in [0.25, 0.3) is 5.91 Å². The molecule has 2 N–H and O–H groups in total. The van der Waals surface area contributed by atoms with Crippen LogP contribution in [0.1, 0.15) is 49.9 Å². The molecule has 0 atom stereocenters. The van der Waals surface area contributed by atoms with Crippen LogP contribution in [0.5, 0.6) is 0 Å². The van der Waals surface area contributed by atoms with Crippen LogP contribution in [0, 0.1) is 5.92 Å². The quantitative estimate of drug-likeness (QED) is 0.604. The molecule has 1 aromatic carbocycles. The van der Waals surface area contributed by atoms with E-state index in [1.54, 1.807) is 12.1 Å². The molecule has 0 spiro atoms. The van der Waals surface area contributed by atoms with Crippen molar-refractivity contribution in [3.8, 4) is 0 Å². The maximum absolute atomic E-state index is 12.0. The van der Waals surface area contributed by atoms with Gasteiger partial charge in [0.1, 0.15) is 0 Å². The van der Waals surface area contributed by atoms with Gasteiger partial charge in [0, 0.05) is 24.2 Å². The minimum absolute atomic E-state index is 0.194. The molecule has 0 aromatic heterocycles. The Morgan fingerprint density at radius 2 is 1.88 bits per heavy atom. The summed E-state index contributed by atoms with van der Waals surface area (Å²) in [6, 6.07) is 9.62. The van der Waals surface area contributed by atoms with E-state index in [9.17, 15) is 9.59 Å². The van der Waals surface area contributed by atoms with Gasteiger partial charge in [0.05, 0.1) is 0 Å². The zero-order chi connectivity index (χ0) is 18.2. The lowest BCUT2D eigenvalue weighted by Gasteiger charge is -2.37. The van der Waals surface area contributed by atoms with E-state index in [0.29, 0.717) is 22.6 Å². The molecule has 0 aliphatic heterocycles. The van der Waals surface area contributed by atoms with Crippen molar-refractivity contribution in [1.82, 2.24) is 15.5 Å². The number of amides is 2. The summed E-state index contributed by atoms with van der Waals surface area (Å²) in [6.07, 6.45) is 5.13. The fraction of sp³-hybridized carbons (Fsp3) is 0.526. The normalized spacial score (nSPS) is 20.0. The summed E-state index contributed by atoms with van der Waals surface area (Å²) in [5, 5.41) is 6.23. The minimum atomic E-state index is -0.194. The van der Waals surface area contributed by atoms with Crippen molar-refractivity contribution in [2.24, 2.45) is 5.92 Å². The van der Waals surface area contributed by atoms with Crippen molar-refractivity contribution in [1.29, 1.82) is 0 Å². The van der Waals surface area contributed by atoms with Crippen LogP contribution in [0.3, 0.4) is 0 Å². The van der Waals surface area contributed by atoms with Gasteiger partial charge in [-0.15, -0.1) is 0 Å². The Hall–Kier alpha value is -1.95. The Labute approximate surface area is 155 Å². The van der Waals surface area contributed by atoms with Gasteiger partial charge in [-0.05, 0) is 69.8 Å². The molecule has 2 rings (SSSR count). The SMILES string of the molecule is CC(C)N(C=O)C1CCC(CNC(=S)NC(=O)c2ccccc2)CC1. The first kappa shape index (κ1) is 19.4. The summed E-state index contributed by atoms with van der Waals surface area (Å²) in [5.74, 6) is 0.323. The smallest absolute Gasteiger partial charge is 0.257 e. The van der Waals surface area contributed by atoms with Gasteiger partial charge < -0.3 is 10.2 Å². The van der Waals surface area contributed by atoms with Gasteiger partial charge in [-0.25, -0.2) is 0 Å². The molecule has 0 saturated heterocycles. The number of nitrogens with zero attached hydrogens (tertiary/aromatic N) is 1. The van der Waals surface area contributed by atoms with E-state index >= 15 is 0 Å². The van der Waals surface area contributed by atoms with Crippen LogP contribution in [-0.4, -0.2) is 41.0 Å². The van der Waals surface area contributed by atoms with Crippen molar-refractivity contribution in [3.63, 3.8) is 0 Å². The number of carbonyl (C=O) groups is 2. The minimum Gasteiger partial charge on any atom is -0.362 e. The first-order valence-electron chi connectivity index (χ1n) is 8.88. The van der Waals surface area contributed by atoms with Crippen molar-refractivity contribution in [2.75, 3.05) is 6.54 Å². The number of hydrogen-bond donors (Lipinski definition) is 2. The Bertz CT molecular complexity index is 584. The molecule has 0 radical (unpaired) electrons. The zero-order valence-corrected chi connectivity index (χ0v) is 15.7. The summed E-state index contributed by atoms with van der Waals surface area (Å²) in [6.45, 7) is 4.86. The van der Waals surface area contributed by atoms with E-state index in [4.69, 9.17) is 12.2 Å². The van der Waals surface area contributed by atoms with Gasteiger partial charge in [-0.2, -0.15) is 0 Å². The molecular formula is C19H27N3O2S. The van der Waals surface area contributed by atoms with E-state index in [2.05, 4.69) is 24.5 Å². The molecule has 2 amide bonds. The second kappa shape index (κ2) is 9.51. The molecule has 5 nitrogen and oxygen atoms in total. The van der Waals surface area contributed by atoms with Gasteiger partial charge in [-0.3, -0.25) is 14.9 Å². The van der Waals surface area contributed by atoms with Crippen LogP contribution in [0.2, 0.25) is 0 Å². The molecule has 0 bridgehead atoms. The average molecular weight is 362 g/mol. The third-order valence-corrected chi connectivity index (χ3v) is 5.02. The van der Waals surface area contributed by atoms with Crippen molar-refractivity contribution in [2.45, 2.75) is 51.6 Å². The van der Waals surface area contributed by atoms with Gasteiger partial charge in [0.2, 0.25) is 6.41 Å². The highest BCUT2D eigenvalue weighted by atomic mass is 32.1. The monoisotopic (exact) mass is 361 g/mol. The van der Waals surface area contributed by atoms with E-state index in [-0.39, 0.29) is 11.9 Å². The Kier molecular flexibility index (Phi) is 7.37. The number of thiocarbonyl (C=S) groups is 1. The first-order valence-corrected chi connectivity index (χ1v) is 9.29. The molecule has 1 fully saturated rings. The standard InChI is InChI=1S/C19H27N3O2S/c1-14(2)22(13-23)17-10-8-15(9-11-17)12-20-19(25)21-18(24)16-6-4-3-5-7-16/h3-7,13-15,17H,8-12H2,1-2H3,(H2,20,21,24,25). The van der Waals surface area contributed by atoms with E-state index in [1.165, 1.54) is 0 Å². The number of rotatable bonds is 6. The number of hydrogen-bond acceptors (Lipinski definition) is 3. The molecule has 1 saturated carbocycles. The van der Waals surface area contributed by atoms with Crippen molar-refractivity contribution >= 4 is 29.6 Å². The molecule has 136 valence electrons. The average Bonchev–Trinajstić information content (AvgIpc) is 2.62. The Morgan fingerprint density at radius 3 is 2.44 bits per heavy atom. The Balaban J connectivity index is 1.71. The highest BCUT2D eigenvalue weighted by Crippen LogP contribution is 2.27. The molecule has 25 heavy (non-hydrogen) atoms. The van der Waals surface area contributed by atoms with Crippen LogP contribution < -0.4 is 10.6 Å². The first-order chi connectivity index (χ1) is 12.0. The summed E-state index contributed by atoms with van der Waals surface area (Å²) < 4.78 is 0. The second-order valence-corrected chi connectivity index (χ2v) is 7.26. The predicted octanol–water partition coefficient (Wildman–Crippen LogP) is 2.72.